The molecule has 2 aromatic rings. The lowest BCUT2D eigenvalue weighted by atomic mass is 10.2. The SMILES string of the molecule is Cc1ccc(CSCCNC(=O)COc2cccc(C(F)(F)F)c2)cc1. The van der Waals surface area contributed by atoms with Gasteiger partial charge in [0.25, 0.3) is 5.91 Å². The molecule has 1 N–H and O–H groups in total. The lowest BCUT2D eigenvalue weighted by Crippen LogP contribution is -2.30. The number of amides is 1. The number of nitrogens with one attached hydrogen (secondary N) is 1. The predicted molar refractivity (Wildman–Crippen MR) is 97.3 cm³/mol. The van der Waals surface area contributed by atoms with Crippen LogP contribution in [0.1, 0.15) is 16.7 Å². The van der Waals surface area contributed by atoms with Gasteiger partial charge in [-0.3, -0.25) is 4.79 Å². The second-order valence-electron chi connectivity index (χ2n) is 5.70. The van der Waals surface area contributed by atoms with Crippen LogP contribution >= 0.6 is 11.8 Å². The van der Waals surface area contributed by atoms with E-state index in [4.69, 9.17) is 4.74 Å². The number of thioether (sulfide) groups is 1. The van der Waals surface area contributed by atoms with Gasteiger partial charge in [0.1, 0.15) is 5.75 Å². The van der Waals surface area contributed by atoms with Crippen molar-refractivity contribution >= 4 is 17.7 Å². The number of carbonyl (C=O) groups excluding carboxylic acids is 1. The first-order valence-corrected chi connectivity index (χ1v) is 9.20. The summed E-state index contributed by atoms with van der Waals surface area (Å²) in [6.07, 6.45) is -4.43. The van der Waals surface area contributed by atoms with Gasteiger partial charge in [0.05, 0.1) is 5.56 Å². The first-order chi connectivity index (χ1) is 12.3. The largest absolute Gasteiger partial charge is 0.484 e. The first kappa shape index (κ1) is 20.2. The molecule has 7 heteroatoms. The number of rotatable bonds is 8. The summed E-state index contributed by atoms with van der Waals surface area (Å²) in [5.41, 5.74) is 1.63. The third kappa shape index (κ3) is 7.00. The minimum absolute atomic E-state index is 0.0173. The quantitative estimate of drug-likeness (QED) is 0.685. The van der Waals surface area contributed by atoms with Crippen molar-refractivity contribution in [3.8, 4) is 5.75 Å². The normalized spacial score (nSPS) is 11.2. The lowest BCUT2D eigenvalue weighted by molar-refractivity contribution is -0.137. The van der Waals surface area contributed by atoms with Gasteiger partial charge in [-0.1, -0.05) is 35.9 Å². The number of carbonyl (C=O) groups is 1. The fourth-order valence-corrected chi connectivity index (χ4v) is 2.92. The summed E-state index contributed by atoms with van der Waals surface area (Å²) < 4.78 is 43.0. The van der Waals surface area contributed by atoms with Gasteiger partial charge in [0.15, 0.2) is 6.61 Å². The van der Waals surface area contributed by atoms with Crippen molar-refractivity contribution in [1.82, 2.24) is 5.32 Å². The predicted octanol–water partition coefficient (Wildman–Crippen LogP) is 4.44. The van der Waals surface area contributed by atoms with E-state index in [0.29, 0.717) is 6.54 Å². The standard InChI is InChI=1S/C19H20F3NO2S/c1-14-5-7-15(8-6-14)13-26-10-9-23-18(24)12-25-17-4-2-3-16(11-17)19(20,21)22/h2-8,11H,9-10,12-13H2,1H3,(H,23,24). The van der Waals surface area contributed by atoms with E-state index in [1.807, 2.05) is 6.92 Å². The number of hydrogen-bond donors (Lipinski definition) is 1. The van der Waals surface area contributed by atoms with E-state index in [2.05, 4.69) is 29.6 Å². The lowest BCUT2D eigenvalue weighted by Gasteiger charge is -2.10. The zero-order valence-electron chi connectivity index (χ0n) is 14.3. The molecular formula is C19H20F3NO2S. The average Bonchev–Trinajstić information content (AvgIpc) is 2.61. The van der Waals surface area contributed by atoms with Crippen LogP contribution in [-0.2, 0) is 16.7 Å². The van der Waals surface area contributed by atoms with Crippen molar-refractivity contribution in [2.24, 2.45) is 0 Å². The van der Waals surface area contributed by atoms with Crippen molar-refractivity contribution in [3.63, 3.8) is 0 Å². The van der Waals surface area contributed by atoms with Crippen molar-refractivity contribution in [2.45, 2.75) is 18.9 Å². The average molecular weight is 383 g/mol. The fourth-order valence-electron chi connectivity index (χ4n) is 2.10. The van der Waals surface area contributed by atoms with Gasteiger partial charge >= 0.3 is 6.18 Å². The maximum atomic E-state index is 12.6. The second kappa shape index (κ2) is 9.52. The Hall–Kier alpha value is -2.15. The topological polar surface area (TPSA) is 38.3 Å². The van der Waals surface area contributed by atoms with E-state index in [1.165, 1.54) is 23.3 Å². The Kier molecular flexibility index (Phi) is 7.38. The number of ether oxygens (including phenoxy) is 1. The highest BCUT2D eigenvalue weighted by Crippen LogP contribution is 2.31. The molecule has 0 unspecified atom stereocenters. The summed E-state index contributed by atoms with van der Waals surface area (Å²) in [6.45, 7) is 2.19. The van der Waals surface area contributed by atoms with Gasteiger partial charge in [-0.25, -0.2) is 0 Å². The molecule has 3 nitrogen and oxygen atoms in total. The van der Waals surface area contributed by atoms with Crippen molar-refractivity contribution in [2.75, 3.05) is 18.9 Å². The van der Waals surface area contributed by atoms with Gasteiger partial charge < -0.3 is 10.1 Å². The van der Waals surface area contributed by atoms with E-state index in [-0.39, 0.29) is 18.3 Å². The Morgan fingerprint density at radius 3 is 2.58 bits per heavy atom. The van der Waals surface area contributed by atoms with Gasteiger partial charge in [0.2, 0.25) is 0 Å². The Morgan fingerprint density at radius 2 is 1.88 bits per heavy atom. The van der Waals surface area contributed by atoms with Crippen LogP contribution in [0.15, 0.2) is 48.5 Å². The zero-order chi connectivity index (χ0) is 19.0. The molecule has 140 valence electrons. The molecule has 0 aliphatic rings. The molecule has 0 saturated heterocycles. The van der Waals surface area contributed by atoms with E-state index < -0.39 is 11.7 Å². The van der Waals surface area contributed by atoms with Gasteiger partial charge in [-0.2, -0.15) is 24.9 Å². The van der Waals surface area contributed by atoms with Crippen LogP contribution in [0.4, 0.5) is 13.2 Å². The van der Waals surface area contributed by atoms with Crippen LogP contribution in [-0.4, -0.2) is 24.8 Å². The smallest absolute Gasteiger partial charge is 0.416 e. The fraction of sp³-hybridized carbons (Fsp3) is 0.316. The summed E-state index contributed by atoms with van der Waals surface area (Å²) in [4.78, 5) is 11.7. The van der Waals surface area contributed by atoms with Gasteiger partial charge in [0, 0.05) is 18.1 Å². The molecule has 2 aromatic carbocycles. The van der Waals surface area contributed by atoms with Crippen LogP contribution in [0.3, 0.4) is 0 Å². The number of halogens is 3. The highest BCUT2D eigenvalue weighted by molar-refractivity contribution is 7.98. The number of alkyl halides is 3. The molecule has 1 amide bonds. The first-order valence-electron chi connectivity index (χ1n) is 8.04. The Labute approximate surface area is 154 Å². The highest BCUT2D eigenvalue weighted by atomic mass is 32.2. The molecule has 0 bridgehead atoms. The second-order valence-corrected chi connectivity index (χ2v) is 6.81. The molecule has 0 aromatic heterocycles. The number of hydrogen-bond acceptors (Lipinski definition) is 3. The van der Waals surface area contributed by atoms with E-state index in [1.54, 1.807) is 11.8 Å². The summed E-state index contributed by atoms with van der Waals surface area (Å²) in [7, 11) is 0. The Morgan fingerprint density at radius 1 is 1.15 bits per heavy atom. The molecule has 0 aliphatic heterocycles. The minimum atomic E-state index is -4.43. The molecule has 0 aliphatic carbocycles. The maximum absolute atomic E-state index is 12.6. The molecule has 0 spiro atoms. The molecule has 26 heavy (non-hydrogen) atoms. The minimum Gasteiger partial charge on any atom is -0.484 e. The summed E-state index contributed by atoms with van der Waals surface area (Å²) >= 11 is 1.69. The summed E-state index contributed by atoms with van der Waals surface area (Å²) in [5, 5.41) is 2.69. The third-order valence-corrected chi connectivity index (χ3v) is 4.52. The van der Waals surface area contributed by atoms with Crippen LogP contribution in [0.25, 0.3) is 0 Å². The van der Waals surface area contributed by atoms with Crippen LogP contribution in [0.5, 0.6) is 5.75 Å². The van der Waals surface area contributed by atoms with E-state index >= 15 is 0 Å². The van der Waals surface area contributed by atoms with Crippen molar-refractivity contribution < 1.29 is 22.7 Å². The van der Waals surface area contributed by atoms with Crippen LogP contribution in [0.2, 0.25) is 0 Å². The van der Waals surface area contributed by atoms with Crippen molar-refractivity contribution in [1.29, 1.82) is 0 Å². The molecule has 0 radical (unpaired) electrons. The van der Waals surface area contributed by atoms with E-state index in [0.717, 1.165) is 23.6 Å². The molecule has 2 rings (SSSR count). The number of benzene rings is 2. The molecular weight excluding hydrogens is 363 g/mol. The highest BCUT2D eigenvalue weighted by Gasteiger charge is 2.30. The maximum Gasteiger partial charge on any atom is 0.416 e. The third-order valence-electron chi connectivity index (χ3n) is 3.49. The Bertz CT molecular complexity index is 717. The van der Waals surface area contributed by atoms with Crippen LogP contribution in [0, 0.1) is 6.92 Å². The van der Waals surface area contributed by atoms with E-state index in [9.17, 15) is 18.0 Å². The summed E-state index contributed by atoms with van der Waals surface area (Å²) in [5.74, 6) is 1.25. The molecule has 0 fully saturated rings. The van der Waals surface area contributed by atoms with Gasteiger partial charge in [-0.05, 0) is 30.7 Å². The number of aryl methyl sites for hydroxylation is 1. The van der Waals surface area contributed by atoms with Crippen molar-refractivity contribution in [3.05, 3.63) is 65.2 Å². The zero-order valence-corrected chi connectivity index (χ0v) is 15.1. The Balaban J connectivity index is 1.64. The molecule has 0 atom stereocenters. The summed E-state index contributed by atoms with van der Waals surface area (Å²) in [6, 6.07) is 12.7. The van der Waals surface area contributed by atoms with Gasteiger partial charge in [-0.15, -0.1) is 0 Å². The monoisotopic (exact) mass is 383 g/mol. The molecule has 0 saturated carbocycles. The van der Waals surface area contributed by atoms with Crippen LogP contribution < -0.4 is 10.1 Å². The molecule has 0 heterocycles.